The van der Waals surface area contributed by atoms with Crippen molar-refractivity contribution in [2.45, 2.75) is 59.4 Å². The standard InChI is InChI=1S/C15H28N2O2/c1-7-8-11(13(16)18)12(9-10(2)3)14(19)17-15(4,5)6/h11-12H,2,7-9H2,1,3-6H3,(H2,16,18)(H,17,19)/t11?,12-/m1/s1. The van der Waals surface area contributed by atoms with Gasteiger partial charge in [-0.2, -0.15) is 0 Å². The van der Waals surface area contributed by atoms with Crippen molar-refractivity contribution < 1.29 is 9.59 Å². The average Bonchev–Trinajstić information content (AvgIpc) is 2.19. The third kappa shape index (κ3) is 6.99. The number of allylic oxidation sites excluding steroid dienone is 1. The van der Waals surface area contributed by atoms with E-state index in [0.717, 1.165) is 12.0 Å². The van der Waals surface area contributed by atoms with Gasteiger partial charge < -0.3 is 11.1 Å². The van der Waals surface area contributed by atoms with Gasteiger partial charge in [0.1, 0.15) is 0 Å². The fraction of sp³-hybridized carbons (Fsp3) is 0.733. The zero-order chi connectivity index (χ0) is 15.2. The number of hydrogen-bond donors (Lipinski definition) is 2. The van der Waals surface area contributed by atoms with Gasteiger partial charge in [0.05, 0.1) is 5.92 Å². The molecule has 4 heteroatoms. The van der Waals surface area contributed by atoms with E-state index in [4.69, 9.17) is 5.73 Å². The molecule has 0 bridgehead atoms. The zero-order valence-corrected chi connectivity index (χ0v) is 12.9. The number of carbonyl (C=O) groups excluding carboxylic acids is 2. The van der Waals surface area contributed by atoms with Crippen LogP contribution in [0.15, 0.2) is 12.2 Å². The molecule has 0 aromatic carbocycles. The molecular weight excluding hydrogens is 240 g/mol. The second-order valence-electron chi connectivity index (χ2n) is 6.30. The Morgan fingerprint density at radius 3 is 2.11 bits per heavy atom. The highest BCUT2D eigenvalue weighted by Gasteiger charge is 2.33. The first-order valence-electron chi connectivity index (χ1n) is 6.84. The van der Waals surface area contributed by atoms with Gasteiger partial charge in [0, 0.05) is 11.5 Å². The van der Waals surface area contributed by atoms with Crippen molar-refractivity contribution in [1.82, 2.24) is 5.32 Å². The summed E-state index contributed by atoms with van der Waals surface area (Å²) >= 11 is 0. The largest absolute Gasteiger partial charge is 0.369 e. The van der Waals surface area contributed by atoms with E-state index in [2.05, 4.69) is 11.9 Å². The normalized spacial score (nSPS) is 14.6. The van der Waals surface area contributed by atoms with Gasteiger partial charge in [-0.25, -0.2) is 0 Å². The molecule has 0 radical (unpaired) electrons. The summed E-state index contributed by atoms with van der Waals surface area (Å²) in [6, 6.07) is 0. The molecule has 0 heterocycles. The van der Waals surface area contributed by atoms with Crippen molar-refractivity contribution in [2.24, 2.45) is 17.6 Å². The van der Waals surface area contributed by atoms with E-state index < -0.39 is 17.7 Å². The number of rotatable bonds is 7. The van der Waals surface area contributed by atoms with Crippen LogP contribution in [0.1, 0.15) is 53.9 Å². The summed E-state index contributed by atoms with van der Waals surface area (Å²) in [5.41, 5.74) is 6.02. The molecule has 0 saturated carbocycles. The molecule has 4 nitrogen and oxygen atoms in total. The molecule has 0 rings (SSSR count). The number of hydrogen-bond acceptors (Lipinski definition) is 2. The first-order chi connectivity index (χ1) is 8.58. The second-order valence-corrected chi connectivity index (χ2v) is 6.30. The molecule has 110 valence electrons. The van der Waals surface area contributed by atoms with Gasteiger partial charge >= 0.3 is 0 Å². The van der Waals surface area contributed by atoms with Crippen LogP contribution in [0.2, 0.25) is 0 Å². The lowest BCUT2D eigenvalue weighted by atomic mass is 9.82. The van der Waals surface area contributed by atoms with E-state index in [1.807, 2.05) is 34.6 Å². The van der Waals surface area contributed by atoms with Gasteiger partial charge in [0.15, 0.2) is 0 Å². The van der Waals surface area contributed by atoms with Gasteiger partial charge in [-0.1, -0.05) is 18.9 Å². The van der Waals surface area contributed by atoms with Crippen LogP contribution < -0.4 is 11.1 Å². The lowest BCUT2D eigenvalue weighted by molar-refractivity contribution is -0.134. The van der Waals surface area contributed by atoms with Crippen molar-refractivity contribution in [2.75, 3.05) is 0 Å². The predicted octanol–water partition coefficient (Wildman–Crippen LogP) is 2.39. The minimum atomic E-state index is -0.427. The minimum Gasteiger partial charge on any atom is -0.369 e. The van der Waals surface area contributed by atoms with Crippen LogP contribution in [-0.4, -0.2) is 17.4 Å². The van der Waals surface area contributed by atoms with Crippen molar-refractivity contribution >= 4 is 11.8 Å². The van der Waals surface area contributed by atoms with Crippen LogP contribution >= 0.6 is 0 Å². The molecule has 0 aliphatic rings. The molecule has 0 aromatic heterocycles. The number of nitrogens with one attached hydrogen (secondary N) is 1. The van der Waals surface area contributed by atoms with Crippen LogP contribution in [0, 0.1) is 11.8 Å². The van der Waals surface area contributed by atoms with Gasteiger partial charge in [-0.05, 0) is 40.5 Å². The summed E-state index contributed by atoms with van der Waals surface area (Å²) in [5, 5.41) is 2.93. The second kappa shape index (κ2) is 7.31. The fourth-order valence-electron chi connectivity index (χ4n) is 2.11. The first kappa shape index (κ1) is 17.7. The Labute approximate surface area is 116 Å². The van der Waals surface area contributed by atoms with Crippen molar-refractivity contribution in [3.63, 3.8) is 0 Å². The SMILES string of the molecule is C=C(C)C[C@@H](C(=O)NC(C)(C)C)C(CCC)C(N)=O. The van der Waals surface area contributed by atoms with Crippen LogP contribution in [0.5, 0.6) is 0 Å². The number of amides is 2. The molecule has 19 heavy (non-hydrogen) atoms. The maximum atomic E-state index is 12.4. The van der Waals surface area contributed by atoms with Gasteiger partial charge in [0.2, 0.25) is 11.8 Å². The van der Waals surface area contributed by atoms with E-state index in [0.29, 0.717) is 12.8 Å². The van der Waals surface area contributed by atoms with E-state index in [9.17, 15) is 9.59 Å². The Kier molecular flexibility index (Phi) is 6.81. The maximum absolute atomic E-state index is 12.4. The third-order valence-corrected chi connectivity index (χ3v) is 2.85. The summed E-state index contributed by atoms with van der Waals surface area (Å²) < 4.78 is 0. The molecule has 2 atom stereocenters. The lowest BCUT2D eigenvalue weighted by Gasteiger charge is -2.28. The number of carbonyl (C=O) groups is 2. The highest BCUT2D eigenvalue weighted by Crippen LogP contribution is 2.25. The quantitative estimate of drug-likeness (QED) is 0.696. The topological polar surface area (TPSA) is 72.2 Å². The third-order valence-electron chi connectivity index (χ3n) is 2.85. The molecule has 0 aliphatic carbocycles. The molecule has 0 aromatic rings. The van der Waals surface area contributed by atoms with Gasteiger partial charge in [-0.3, -0.25) is 9.59 Å². The Morgan fingerprint density at radius 1 is 1.26 bits per heavy atom. The molecule has 0 spiro atoms. The minimum absolute atomic E-state index is 0.118. The molecule has 1 unspecified atom stereocenters. The molecular formula is C15H28N2O2. The lowest BCUT2D eigenvalue weighted by Crippen LogP contribution is -2.47. The molecule has 0 aliphatic heterocycles. The van der Waals surface area contributed by atoms with Crippen molar-refractivity contribution in [1.29, 1.82) is 0 Å². The molecule has 0 fully saturated rings. The van der Waals surface area contributed by atoms with Crippen LogP contribution in [0.4, 0.5) is 0 Å². The first-order valence-corrected chi connectivity index (χ1v) is 6.84. The number of primary amides is 1. The smallest absolute Gasteiger partial charge is 0.224 e. The summed E-state index contributed by atoms with van der Waals surface area (Å²) in [5.74, 6) is -1.37. The highest BCUT2D eigenvalue weighted by atomic mass is 16.2. The van der Waals surface area contributed by atoms with E-state index in [1.165, 1.54) is 0 Å². The molecule has 3 N–H and O–H groups in total. The Hall–Kier alpha value is -1.32. The maximum Gasteiger partial charge on any atom is 0.224 e. The molecule has 2 amide bonds. The predicted molar refractivity (Wildman–Crippen MR) is 78.4 cm³/mol. The zero-order valence-electron chi connectivity index (χ0n) is 12.9. The monoisotopic (exact) mass is 268 g/mol. The van der Waals surface area contributed by atoms with E-state index >= 15 is 0 Å². The van der Waals surface area contributed by atoms with Crippen molar-refractivity contribution in [3.8, 4) is 0 Å². The Morgan fingerprint density at radius 2 is 1.79 bits per heavy atom. The summed E-state index contributed by atoms with van der Waals surface area (Å²) in [4.78, 5) is 24.0. The summed E-state index contributed by atoms with van der Waals surface area (Å²) in [7, 11) is 0. The fourth-order valence-corrected chi connectivity index (χ4v) is 2.11. The van der Waals surface area contributed by atoms with Crippen molar-refractivity contribution in [3.05, 3.63) is 12.2 Å². The van der Waals surface area contributed by atoms with Gasteiger partial charge in [-0.15, -0.1) is 6.58 Å². The van der Waals surface area contributed by atoms with Crippen LogP contribution in [0.3, 0.4) is 0 Å². The summed E-state index contributed by atoms with van der Waals surface area (Å²) in [6.07, 6.45) is 1.95. The number of nitrogens with two attached hydrogens (primary N) is 1. The Balaban J connectivity index is 5.11. The van der Waals surface area contributed by atoms with Gasteiger partial charge in [0.25, 0.3) is 0 Å². The Bertz CT molecular complexity index is 343. The van der Waals surface area contributed by atoms with Crippen LogP contribution in [-0.2, 0) is 9.59 Å². The van der Waals surface area contributed by atoms with Crippen LogP contribution in [0.25, 0.3) is 0 Å². The van der Waals surface area contributed by atoms with E-state index in [-0.39, 0.29) is 11.4 Å². The molecule has 0 saturated heterocycles. The highest BCUT2D eigenvalue weighted by molar-refractivity contribution is 5.87. The van der Waals surface area contributed by atoms with E-state index in [1.54, 1.807) is 0 Å². The summed E-state index contributed by atoms with van der Waals surface area (Å²) in [6.45, 7) is 13.4. The average molecular weight is 268 g/mol.